The number of thioether (sulfide) groups is 1. The first-order valence-corrected chi connectivity index (χ1v) is 4.90. The van der Waals surface area contributed by atoms with Crippen LogP contribution in [-0.4, -0.2) is 16.3 Å². The van der Waals surface area contributed by atoms with Crippen LogP contribution < -0.4 is 0 Å². The zero-order chi connectivity index (χ0) is 7.56. The van der Waals surface area contributed by atoms with Gasteiger partial charge >= 0.3 is 0 Å². The van der Waals surface area contributed by atoms with Crippen molar-refractivity contribution in [1.29, 1.82) is 0 Å². The Morgan fingerprint density at radius 1 is 1.50 bits per heavy atom. The smallest absolute Gasteiger partial charge is 0.146 e. The van der Waals surface area contributed by atoms with Crippen molar-refractivity contribution in [3.8, 4) is 0 Å². The van der Waals surface area contributed by atoms with Crippen LogP contribution in [-0.2, 0) is 4.79 Å². The van der Waals surface area contributed by atoms with Gasteiger partial charge in [-0.15, -0.1) is 11.8 Å². The third-order valence-electron chi connectivity index (χ3n) is 1.97. The van der Waals surface area contributed by atoms with Crippen molar-refractivity contribution in [2.45, 2.75) is 43.6 Å². The van der Waals surface area contributed by atoms with Gasteiger partial charge in [-0.25, -0.2) is 0 Å². The van der Waals surface area contributed by atoms with Crippen molar-refractivity contribution >= 4 is 17.5 Å². The van der Waals surface area contributed by atoms with Gasteiger partial charge < -0.3 is 0 Å². The molecule has 0 aromatic rings. The minimum atomic E-state index is 0.324. The molecule has 1 heterocycles. The molecule has 1 aliphatic heterocycles. The van der Waals surface area contributed by atoms with Crippen molar-refractivity contribution in [3.05, 3.63) is 0 Å². The molecule has 2 atom stereocenters. The summed E-state index contributed by atoms with van der Waals surface area (Å²) in [5, 5.41) is 0.947. The van der Waals surface area contributed by atoms with Crippen LogP contribution in [0.2, 0.25) is 0 Å². The predicted molar refractivity (Wildman–Crippen MR) is 45.4 cm³/mol. The summed E-state index contributed by atoms with van der Waals surface area (Å²) in [7, 11) is 0. The summed E-state index contributed by atoms with van der Waals surface area (Å²) in [4.78, 5) is 11.2. The van der Waals surface area contributed by atoms with E-state index in [0.717, 1.165) is 19.3 Å². The van der Waals surface area contributed by atoms with Gasteiger partial charge in [0.05, 0.1) is 5.25 Å². The summed E-state index contributed by atoms with van der Waals surface area (Å²) < 4.78 is 0. The van der Waals surface area contributed by atoms with Gasteiger partial charge in [-0.1, -0.05) is 13.8 Å². The van der Waals surface area contributed by atoms with Gasteiger partial charge in [0.1, 0.15) is 5.78 Å². The maximum atomic E-state index is 11.2. The zero-order valence-electron chi connectivity index (χ0n) is 6.59. The van der Waals surface area contributed by atoms with E-state index in [4.69, 9.17) is 0 Å². The van der Waals surface area contributed by atoms with Gasteiger partial charge in [-0.2, -0.15) is 0 Å². The highest BCUT2D eigenvalue weighted by molar-refractivity contribution is 8.01. The molecule has 0 aromatic carbocycles. The molecule has 0 spiro atoms. The third kappa shape index (κ3) is 1.54. The maximum Gasteiger partial charge on any atom is 0.146 e. The van der Waals surface area contributed by atoms with E-state index in [1.807, 2.05) is 11.8 Å². The number of carbonyl (C=O) groups excluding carboxylic acids is 1. The van der Waals surface area contributed by atoms with E-state index < -0.39 is 0 Å². The van der Waals surface area contributed by atoms with Crippen molar-refractivity contribution in [2.75, 3.05) is 0 Å². The Labute approximate surface area is 66.6 Å². The second-order valence-corrected chi connectivity index (χ2v) is 4.24. The van der Waals surface area contributed by atoms with E-state index in [-0.39, 0.29) is 0 Å². The van der Waals surface area contributed by atoms with Crippen LogP contribution in [0, 0.1) is 0 Å². The first-order chi connectivity index (χ1) is 4.77. The topological polar surface area (TPSA) is 17.1 Å². The number of rotatable bonds is 2. The first kappa shape index (κ1) is 8.12. The Hall–Kier alpha value is 0.0200. The number of carbonyl (C=O) groups is 1. The normalized spacial score (nSPS) is 33.2. The molecule has 10 heavy (non-hydrogen) atoms. The lowest BCUT2D eigenvalue weighted by Gasteiger charge is -2.03. The molecule has 0 N–H and O–H groups in total. The summed E-state index contributed by atoms with van der Waals surface area (Å²) in [5.41, 5.74) is 0. The van der Waals surface area contributed by atoms with Gasteiger partial charge in [0.2, 0.25) is 0 Å². The summed E-state index contributed by atoms with van der Waals surface area (Å²) in [6.07, 6.45) is 2.98. The lowest BCUT2D eigenvalue weighted by Crippen LogP contribution is -2.07. The van der Waals surface area contributed by atoms with Gasteiger partial charge in [-0.05, 0) is 12.8 Å². The molecule has 1 nitrogen and oxygen atoms in total. The summed E-state index contributed by atoms with van der Waals surface area (Å²) >= 11 is 1.87. The molecular weight excluding hydrogens is 144 g/mol. The number of Topliss-reactive ketones (excluding diaryl/α,β-unsaturated/α-hetero) is 1. The van der Waals surface area contributed by atoms with E-state index in [1.165, 1.54) is 0 Å². The lowest BCUT2D eigenvalue weighted by molar-refractivity contribution is -0.118. The second kappa shape index (κ2) is 3.42. The fourth-order valence-corrected chi connectivity index (χ4v) is 2.63. The second-order valence-electron chi connectivity index (χ2n) is 2.73. The van der Waals surface area contributed by atoms with E-state index in [9.17, 15) is 4.79 Å². The van der Waals surface area contributed by atoms with Crippen LogP contribution in [0.25, 0.3) is 0 Å². The highest BCUT2D eigenvalue weighted by Crippen LogP contribution is 2.34. The molecule has 1 aliphatic rings. The Morgan fingerprint density at radius 2 is 2.20 bits per heavy atom. The molecular formula is C8H14OS. The lowest BCUT2D eigenvalue weighted by atomic mass is 10.1. The number of hydrogen-bond acceptors (Lipinski definition) is 2. The summed E-state index contributed by atoms with van der Waals surface area (Å²) in [6, 6.07) is 0. The van der Waals surface area contributed by atoms with Crippen molar-refractivity contribution in [2.24, 2.45) is 0 Å². The molecule has 58 valence electrons. The highest BCUT2D eigenvalue weighted by Gasteiger charge is 2.30. The van der Waals surface area contributed by atoms with Crippen molar-refractivity contribution < 1.29 is 4.79 Å². The zero-order valence-corrected chi connectivity index (χ0v) is 7.41. The van der Waals surface area contributed by atoms with Crippen LogP contribution in [0.1, 0.15) is 33.1 Å². The van der Waals surface area contributed by atoms with Crippen LogP contribution in [0.3, 0.4) is 0 Å². The summed E-state index contributed by atoms with van der Waals surface area (Å²) in [5.74, 6) is 0.472. The predicted octanol–water partition coefficient (Wildman–Crippen LogP) is 2.25. The van der Waals surface area contributed by atoms with Crippen molar-refractivity contribution in [1.82, 2.24) is 0 Å². The van der Waals surface area contributed by atoms with E-state index in [2.05, 4.69) is 13.8 Å². The Morgan fingerprint density at radius 3 is 2.50 bits per heavy atom. The average Bonchev–Trinajstić information content (AvgIpc) is 2.30. The molecule has 1 fully saturated rings. The molecule has 0 aromatic heterocycles. The number of ketones is 1. The van der Waals surface area contributed by atoms with E-state index in [1.54, 1.807) is 0 Å². The van der Waals surface area contributed by atoms with E-state index >= 15 is 0 Å². The molecule has 0 amide bonds. The largest absolute Gasteiger partial charge is 0.298 e. The van der Waals surface area contributed by atoms with E-state index in [0.29, 0.717) is 16.3 Å². The molecule has 1 rings (SSSR count). The Bertz CT molecular complexity index is 133. The SMILES string of the molecule is CCC1CC(=O)C(CC)S1. The van der Waals surface area contributed by atoms with Gasteiger partial charge in [-0.3, -0.25) is 4.79 Å². The summed E-state index contributed by atoms with van der Waals surface area (Å²) in [6.45, 7) is 4.25. The fourth-order valence-electron chi connectivity index (χ4n) is 1.28. The molecule has 2 heteroatoms. The first-order valence-electron chi connectivity index (χ1n) is 3.96. The highest BCUT2D eigenvalue weighted by atomic mass is 32.2. The molecule has 1 saturated heterocycles. The van der Waals surface area contributed by atoms with Crippen LogP contribution in [0.4, 0.5) is 0 Å². The maximum absolute atomic E-state index is 11.2. The fraction of sp³-hybridized carbons (Fsp3) is 0.875. The minimum Gasteiger partial charge on any atom is -0.298 e. The molecule has 0 radical (unpaired) electrons. The molecule has 0 bridgehead atoms. The Kier molecular flexibility index (Phi) is 2.78. The van der Waals surface area contributed by atoms with Gasteiger partial charge in [0.25, 0.3) is 0 Å². The third-order valence-corrected chi connectivity index (χ3v) is 3.78. The Balaban J connectivity index is 2.44. The molecule has 0 aliphatic carbocycles. The average molecular weight is 158 g/mol. The molecule has 0 saturated carbocycles. The van der Waals surface area contributed by atoms with Crippen LogP contribution in [0.5, 0.6) is 0 Å². The monoisotopic (exact) mass is 158 g/mol. The van der Waals surface area contributed by atoms with Crippen LogP contribution >= 0.6 is 11.8 Å². The van der Waals surface area contributed by atoms with Gasteiger partial charge in [0.15, 0.2) is 0 Å². The standard InChI is InChI=1S/C8H14OS/c1-3-6-5-7(9)8(4-2)10-6/h6,8H,3-5H2,1-2H3. The van der Waals surface area contributed by atoms with Crippen molar-refractivity contribution in [3.63, 3.8) is 0 Å². The quantitative estimate of drug-likeness (QED) is 0.613. The van der Waals surface area contributed by atoms with Crippen LogP contribution in [0.15, 0.2) is 0 Å². The minimum absolute atomic E-state index is 0.324. The number of hydrogen-bond donors (Lipinski definition) is 0. The van der Waals surface area contributed by atoms with Gasteiger partial charge in [0, 0.05) is 11.7 Å². The molecule has 2 unspecified atom stereocenters.